The first-order valence-corrected chi connectivity index (χ1v) is 7.47. The molecule has 0 radical (unpaired) electrons. The molecule has 2 aromatic heterocycles. The second kappa shape index (κ2) is 7.07. The van der Waals surface area contributed by atoms with Crippen LogP contribution in [0.3, 0.4) is 0 Å². The molecule has 21 heavy (non-hydrogen) atoms. The van der Waals surface area contributed by atoms with Crippen LogP contribution in [0.25, 0.3) is 0 Å². The maximum absolute atomic E-state index is 11.5. The zero-order valence-corrected chi connectivity index (χ0v) is 12.9. The molecule has 0 aliphatic heterocycles. The zero-order valence-electron chi connectivity index (χ0n) is 12.1. The van der Waals surface area contributed by atoms with Crippen LogP contribution in [0.5, 0.6) is 0 Å². The van der Waals surface area contributed by atoms with Gasteiger partial charge in [0.05, 0.1) is 11.4 Å². The third-order valence-corrected chi connectivity index (χ3v) is 3.80. The molecule has 0 aliphatic carbocycles. The van der Waals surface area contributed by atoms with E-state index < -0.39 is 0 Å². The molecule has 7 nitrogen and oxygen atoms in total. The molecule has 0 unspecified atom stereocenters. The molecule has 0 aliphatic rings. The molecular formula is C13H18N6OS. The Morgan fingerprint density at radius 2 is 2.33 bits per heavy atom. The summed E-state index contributed by atoms with van der Waals surface area (Å²) < 4.78 is 3.69. The number of carbonyl (C=O) groups excluding carboxylic acids is 1. The van der Waals surface area contributed by atoms with Crippen LogP contribution in [-0.4, -0.2) is 42.7 Å². The van der Waals surface area contributed by atoms with Crippen LogP contribution in [0.1, 0.15) is 11.5 Å². The van der Waals surface area contributed by atoms with Crippen molar-refractivity contribution in [3.63, 3.8) is 0 Å². The second-order valence-electron chi connectivity index (χ2n) is 4.49. The van der Waals surface area contributed by atoms with Gasteiger partial charge in [-0.3, -0.25) is 9.48 Å². The number of aromatic nitrogens is 5. The Kier molecular flexibility index (Phi) is 5.15. The number of nitrogens with zero attached hydrogens (tertiary/aromatic N) is 5. The molecule has 0 saturated heterocycles. The Morgan fingerprint density at radius 3 is 3.00 bits per heavy atom. The number of rotatable bonds is 7. The molecule has 2 rings (SSSR count). The molecule has 0 bridgehead atoms. The first-order valence-electron chi connectivity index (χ1n) is 6.49. The summed E-state index contributed by atoms with van der Waals surface area (Å²) in [5, 5.41) is 16.0. The van der Waals surface area contributed by atoms with E-state index in [1.807, 2.05) is 35.5 Å². The van der Waals surface area contributed by atoms with E-state index in [1.165, 1.54) is 11.8 Å². The minimum atomic E-state index is -0.0489. The largest absolute Gasteiger partial charge is 0.352 e. The third-order valence-electron chi connectivity index (χ3n) is 2.78. The van der Waals surface area contributed by atoms with Gasteiger partial charge in [0.15, 0.2) is 11.0 Å². The van der Waals surface area contributed by atoms with E-state index in [0.717, 1.165) is 11.5 Å². The minimum absolute atomic E-state index is 0.0489. The average molecular weight is 306 g/mol. The lowest BCUT2D eigenvalue weighted by Crippen LogP contribution is -2.25. The molecule has 112 valence electrons. The highest BCUT2D eigenvalue weighted by Gasteiger charge is 2.11. The van der Waals surface area contributed by atoms with Gasteiger partial charge in [-0.05, 0) is 13.0 Å². The Labute approximate surface area is 127 Å². The van der Waals surface area contributed by atoms with Crippen LogP contribution >= 0.6 is 11.8 Å². The predicted molar refractivity (Wildman–Crippen MR) is 81.0 cm³/mol. The van der Waals surface area contributed by atoms with Crippen LogP contribution in [0.15, 0.2) is 30.1 Å². The number of amides is 1. The van der Waals surface area contributed by atoms with Gasteiger partial charge in [0.1, 0.15) is 6.54 Å². The van der Waals surface area contributed by atoms with Crippen molar-refractivity contribution in [2.24, 2.45) is 7.05 Å². The fraction of sp³-hybridized carbons (Fsp3) is 0.385. The van der Waals surface area contributed by atoms with E-state index >= 15 is 0 Å². The van der Waals surface area contributed by atoms with Crippen LogP contribution in [-0.2, 0) is 18.4 Å². The summed E-state index contributed by atoms with van der Waals surface area (Å²) in [4.78, 5) is 11.5. The lowest BCUT2D eigenvalue weighted by Gasteiger charge is -2.04. The van der Waals surface area contributed by atoms with E-state index in [4.69, 9.17) is 0 Å². The molecule has 2 aromatic rings. The van der Waals surface area contributed by atoms with Crippen molar-refractivity contribution in [2.75, 3.05) is 12.3 Å². The maximum atomic E-state index is 11.5. The van der Waals surface area contributed by atoms with Crippen LogP contribution in [0.4, 0.5) is 0 Å². The molecule has 0 saturated carbocycles. The molecule has 1 amide bonds. The number of hydrogen-bond donors (Lipinski definition) is 1. The van der Waals surface area contributed by atoms with Gasteiger partial charge in [-0.25, -0.2) is 0 Å². The normalized spacial score (nSPS) is 10.6. The van der Waals surface area contributed by atoms with E-state index in [0.29, 0.717) is 24.0 Å². The molecular weight excluding hydrogens is 288 g/mol. The van der Waals surface area contributed by atoms with E-state index in [2.05, 4.69) is 27.2 Å². The quantitative estimate of drug-likeness (QED) is 0.604. The van der Waals surface area contributed by atoms with Crippen molar-refractivity contribution in [2.45, 2.75) is 18.6 Å². The van der Waals surface area contributed by atoms with Crippen molar-refractivity contribution in [3.8, 4) is 0 Å². The Bertz CT molecular complexity index is 632. The molecule has 0 atom stereocenters. The SMILES string of the molecule is C=CCNC(=O)CSc1nnc(Cn2ccc(C)n2)n1C. The number of aryl methyl sites for hydroxylation is 1. The third kappa shape index (κ3) is 4.19. The molecule has 2 heterocycles. The first kappa shape index (κ1) is 15.3. The minimum Gasteiger partial charge on any atom is -0.352 e. The summed E-state index contributed by atoms with van der Waals surface area (Å²) in [6.07, 6.45) is 3.55. The fourth-order valence-electron chi connectivity index (χ4n) is 1.67. The Hall–Kier alpha value is -2.09. The smallest absolute Gasteiger partial charge is 0.230 e. The topological polar surface area (TPSA) is 77.6 Å². The first-order chi connectivity index (χ1) is 10.1. The van der Waals surface area contributed by atoms with Crippen molar-refractivity contribution < 1.29 is 4.79 Å². The van der Waals surface area contributed by atoms with Gasteiger partial charge in [0.25, 0.3) is 0 Å². The molecule has 0 fully saturated rings. The second-order valence-corrected chi connectivity index (χ2v) is 5.44. The predicted octanol–water partition coefficient (Wildman–Crippen LogP) is 0.763. The van der Waals surface area contributed by atoms with Gasteiger partial charge < -0.3 is 9.88 Å². The summed E-state index contributed by atoms with van der Waals surface area (Å²) in [5.74, 6) is 1.06. The molecule has 8 heteroatoms. The number of carbonyl (C=O) groups is 1. The summed E-state index contributed by atoms with van der Waals surface area (Å²) in [7, 11) is 1.88. The summed E-state index contributed by atoms with van der Waals surface area (Å²) in [6.45, 7) is 6.52. The van der Waals surface area contributed by atoms with Crippen LogP contribution < -0.4 is 5.32 Å². The summed E-state index contributed by atoms with van der Waals surface area (Å²) in [5.41, 5.74) is 0.964. The highest BCUT2D eigenvalue weighted by atomic mass is 32.2. The van der Waals surface area contributed by atoms with Crippen LogP contribution in [0, 0.1) is 6.92 Å². The van der Waals surface area contributed by atoms with E-state index in [-0.39, 0.29) is 5.91 Å². The maximum Gasteiger partial charge on any atom is 0.230 e. The van der Waals surface area contributed by atoms with Gasteiger partial charge in [-0.15, -0.1) is 16.8 Å². The van der Waals surface area contributed by atoms with Crippen molar-refractivity contribution in [3.05, 3.63) is 36.4 Å². The zero-order chi connectivity index (χ0) is 15.2. The highest BCUT2D eigenvalue weighted by Crippen LogP contribution is 2.15. The van der Waals surface area contributed by atoms with Gasteiger partial charge in [0, 0.05) is 19.8 Å². The number of hydrogen-bond acceptors (Lipinski definition) is 5. The van der Waals surface area contributed by atoms with Gasteiger partial charge in [-0.2, -0.15) is 5.10 Å². The summed E-state index contributed by atoms with van der Waals surface area (Å²) >= 11 is 1.36. The van der Waals surface area contributed by atoms with Gasteiger partial charge >= 0.3 is 0 Å². The standard InChI is InChI=1S/C13H18N6OS/c1-4-6-14-12(20)9-21-13-16-15-11(18(13)3)8-19-7-5-10(2)17-19/h4-5,7H,1,6,8-9H2,2-3H3,(H,14,20). The van der Waals surface area contributed by atoms with Crippen molar-refractivity contribution in [1.82, 2.24) is 29.9 Å². The van der Waals surface area contributed by atoms with Crippen molar-refractivity contribution in [1.29, 1.82) is 0 Å². The molecule has 1 N–H and O–H groups in total. The fourth-order valence-corrected chi connectivity index (χ4v) is 2.43. The highest BCUT2D eigenvalue weighted by molar-refractivity contribution is 7.99. The van der Waals surface area contributed by atoms with Gasteiger partial charge in [-0.1, -0.05) is 17.8 Å². The lowest BCUT2D eigenvalue weighted by atomic mass is 10.5. The van der Waals surface area contributed by atoms with E-state index in [9.17, 15) is 4.79 Å². The molecule has 0 aromatic carbocycles. The number of thioether (sulfide) groups is 1. The Balaban J connectivity index is 1.93. The number of nitrogens with one attached hydrogen (secondary N) is 1. The molecule has 0 spiro atoms. The van der Waals surface area contributed by atoms with Crippen LogP contribution in [0.2, 0.25) is 0 Å². The van der Waals surface area contributed by atoms with Gasteiger partial charge in [0.2, 0.25) is 5.91 Å². The monoisotopic (exact) mass is 306 g/mol. The summed E-state index contributed by atoms with van der Waals surface area (Å²) in [6, 6.07) is 1.94. The average Bonchev–Trinajstić information content (AvgIpc) is 3.02. The van der Waals surface area contributed by atoms with Crippen molar-refractivity contribution >= 4 is 17.7 Å². The lowest BCUT2D eigenvalue weighted by molar-refractivity contribution is -0.118. The van der Waals surface area contributed by atoms with E-state index in [1.54, 1.807) is 6.08 Å². The Morgan fingerprint density at radius 1 is 1.52 bits per heavy atom.